The Morgan fingerprint density at radius 3 is 2.06 bits per heavy atom. The molecule has 0 rings (SSSR count). The van der Waals surface area contributed by atoms with Gasteiger partial charge in [0.1, 0.15) is 6.04 Å². The predicted octanol–water partition coefficient (Wildman–Crippen LogP) is -0.710. The van der Waals surface area contributed by atoms with Crippen molar-refractivity contribution in [2.75, 3.05) is 0 Å². The molecule has 0 saturated heterocycles. The average Bonchev–Trinajstić information content (AvgIpc) is 2.25. The lowest BCUT2D eigenvalue weighted by atomic mass is 9.91. The van der Waals surface area contributed by atoms with Crippen molar-refractivity contribution >= 4 is 17.9 Å². The SMILES string of the molecule is CC[C@H](C)[C@@](N)(N[C@@H](CC(=O)O)C(=O)O)C(=O)O. The molecular weight excluding hydrogens is 244 g/mol. The number of aliphatic carboxylic acids is 3. The highest BCUT2D eigenvalue weighted by atomic mass is 16.4. The Kier molecular flexibility index (Phi) is 5.73. The van der Waals surface area contributed by atoms with Gasteiger partial charge in [-0.05, 0) is 12.3 Å². The molecule has 0 aliphatic rings. The van der Waals surface area contributed by atoms with Crippen LogP contribution in [0.1, 0.15) is 26.7 Å². The van der Waals surface area contributed by atoms with Crippen molar-refractivity contribution in [3.8, 4) is 0 Å². The smallest absolute Gasteiger partial charge is 0.339 e. The molecule has 6 N–H and O–H groups in total. The molecule has 0 aromatic rings. The molecule has 0 aliphatic heterocycles. The summed E-state index contributed by atoms with van der Waals surface area (Å²) in [4.78, 5) is 32.5. The maximum absolute atomic E-state index is 11.1. The molecule has 0 aromatic heterocycles. The fourth-order valence-corrected chi connectivity index (χ4v) is 1.40. The second kappa shape index (κ2) is 6.31. The van der Waals surface area contributed by atoms with Crippen LogP contribution in [0.4, 0.5) is 0 Å². The van der Waals surface area contributed by atoms with E-state index in [4.69, 9.17) is 21.1 Å². The Bertz CT molecular complexity index is 345. The molecule has 0 unspecified atom stereocenters. The van der Waals surface area contributed by atoms with Crippen LogP contribution in [0.15, 0.2) is 0 Å². The number of carboxylic acid groups (broad SMARTS) is 3. The highest BCUT2D eigenvalue weighted by Gasteiger charge is 2.42. The molecule has 8 heteroatoms. The van der Waals surface area contributed by atoms with Gasteiger partial charge in [-0.3, -0.25) is 14.9 Å². The Morgan fingerprint density at radius 1 is 1.28 bits per heavy atom. The van der Waals surface area contributed by atoms with Gasteiger partial charge in [0, 0.05) is 0 Å². The maximum atomic E-state index is 11.1. The lowest BCUT2D eigenvalue weighted by molar-refractivity contribution is -0.152. The van der Waals surface area contributed by atoms with E-state index in [1.165, 1.54) is 0 Å². The van der Waals surface area contributed by atoms with Gasteiger partial charge in [-0.1, -0.05) is 13.8 Å². The third-order valence-electron chi connectivity index (χ3n) is 2.83. The van der Waals surface area contributed by atoms with E-state index >= 15 is 0 Å². The maximum Gasteiger partial charge on any atom is 0.339 e. The van der Waals surface area contributed by atoms with Crippen LogP contribution >= 0.6 is 0 Å². The Hall–Kier alpha value is -1.67. The largest absolute Gasteiger partial charge is 0.481 e. The van der Waals surface area contributed by atoms with Crippen molar-refractivity contribution < 1.29 is 29.7 Å². The fraction of sp³-hybridized carbons (Fsp3) is 0.700. The van der Waals surface area contributed by atoms with Gasteiger partial charge in [-0.2, -0.15) is 0 Å². The molecule has 0 aromatic carbocycles. The monoisotopic (exact) mass is 262 g/mol. The highest BCUT2D eigenvalue weighted by Crippen LogP contribution is 2.17. The standard InChI is InChI=1S/C10H18N2O6/c1-3-5(2)10(11,9(17)18)12-6(8(15)16)4-7(13)14/h5-6,12H,3-4,11H2,1-2H3,(H,13,14)(H,15,16)(H,17,18)/t5-,6-,10+/m0/s1. The number of carboxylic acids is 3. The number of hydrogen-bond donors (Lipinski definition) is 5. The minimum absolute atomic E-state index is 0.398. The second-order valence-electron chi connectivity index (χ2n) is 4.12. The van der Waals surface area contributed by atoms with Gasteiger partial charge in [0.25, 0.3) is 0 Å². The molecule has 0 heterocycles. The topological polar surface area (TPSA) is 150 Å². The van der Waals surface area contributed by atoms with Crippen LogP contribution in [0.3, 0.4) is 0 Å². The van der Waals surface area contributed by atoms with Crippen LogP contribution in [0.5, 0.6) is 0 Å². The fourth-order valence-electron chi connectivity index (χ4n) is 1.40. The zero-order chi connectivity index (χ0) is 14.5. The van der Waals surface area contributed by atoms with Crippen LogP contribution in [0.25, 0.3) is 0 Å². The van der Waals surface area contributed by atoms with Crippen LogP contribution in [0, 0.1) is 5.92 Å². The molecule has 0 fully saturated rings. The zero-order valence-corrected chi connectivity index (χ0v) is 10.2. The normalized spacial score (nSPS) is 17.5. The van der Waals surface area contributed by atoms with E-state index in [1.54, 1.807) is 13.8 Å². The molecule has 18 heavy (non-hydrogen) atoms. The van der Waals surface area contributed by atoms with Gasteiger partial charge in [-0.25, -0.2) is 4.79 Å². The lowest BCUT2D eigenvalue weighted by Gasteiger charge is -2.33. The van der Waals surface area contributed by atoms with Crippen molar-refractivity contribution in [1.29, 1.82) is 0 Å². The molecule has 0 bridgehead atoms. The van der Waals surface area contributed by atoms with Gasteiger partial charge >= 0.3 is 17.9 Å². The Labute approximate surface area is 104 Å². The quantitative estimate of drug-likeness (QED) is 0.360. The first-order chi connectivity index (χ1) is 8.15. The Morgan fingerprint density at radius 2 is 1.78 bits per heavy atom. The summed E-state index contributed by atoms with van der Waals surface area (Å²) in [6.07, 6.45) is -0.354. The van der Waals surface area contributed by atoms with Gasteiger partial charge in [0.15, 0.2) is 5.66 Å². The van der Waals surface area contributed by atoms with E-state index in [2.05, 4.69) is 5.32 Å². The minimum atomic E-state index is -1.98. The number of hydrogen-bond acceptors (Lipinski definition) is 5. The zero-order valence-electron chi connectivity index (χ0n) is 10.2. The summed E-state index contributed by atoms with van der Waals surface area (Å²) in [6.45, 7) is 3.24. The third-order valence-corrected chi connectivity index (χ3v) is 2.83. The lowest BCUT2D eigenvalue weighted by Crippen LogP contribution is -2.67. The first kappa shape index (κ1) is 16.3. The van der Waals surface area contributed by atoms with Gasteiger partial charge < -0.3 is 21.1 Å². The van der Waals surface area contributed by atoms with Crippen LogP contribution in [-0.4, -0.2) is 44.9 Å². The van der Waals surface area contributed by atoms with Gasteiger partial charge in [0.2, 0.25) is 0 Å². The number of rotatable bonds is 8. The number of nitrogens with one attached hydrogen (secondary N) is 1. The minimum Gasteiger partial charge on any atom is -0.481 e. The summed E-state index contributed by atoms with van der Waals surface area (Å²) < 4.78 is 0. The molecule has 0 spiro atoms. The molecule has 8 nitrogen and oxygen atoms in total. The van der Waals surface area contributed by atoms with Crippen molar-refractivity contribution in [2.24, 2.45) is 11.7 Å². The summed E-state index contributed by atoms with van der Waals surface area (Å²) in [5.74, 6) is -4.80. The van der Waals surface area contributed by atoms with Crippen molar-refractivity contribution in [2.45, 2.75) is 38.4 Å². The average molecular weight is 262 g/mol. The molecular formula is C10H18N2O6. The third kappa shape index (κ3) is 3.97. The summed E-state index contributed by atoms with van der Waals surface area (Å²) in [7, 11) is 0. The first-order valence-corrected chi connectivity index (χ1v) is 5.39. The van der Waals surface area contributed by atoms with Crippen molar-refractivity contribution in [1.82, 2.24) is 5.32 Å². The highest BCUT2D eigenvalue weighted by molar-refractivity contribution is 5.83. The summed E-state index contributed by atoms with van der Waals surface area (Å²) in [5.41, 5.74) is 3.66. The molecule has 104 valence electrons. The summed E-state index contributed by atoms with van der Waals surface area (Å²) >= 11 is 0. The van der Waals surface area contributed by atoms with E-state index in [-0.39, 0.29) is 0 Å². The van der Waals surface area contributed by atoms with E-state index in [0.717, 1.165) is 0 Å². The van der Waals surface area contributed by atoms with Crippen LogP contribution in [0.2, 0.25) is 0 Å². The first-order valence-electron chi connectivity index (χ1n) is 5.39. The van der Waals surface area contributed by atoms with Crippen LogP contribution in [-0.2, 0) is 14.4 Å². The number of nitrogens with two attached hydrogens (primary N) is 1. The van der Waals surface area contributed by atoms with E-state index in [0.29, 0.717) is 6.42 Å². The van der Waals surface area contributed by atoms with E-state index < -0.39 is 42.0 Å². The molecule has 0 radical (unpaired) electrons. The molecule has 0 saturated carbocycles. The van der Waals surface area contributed by atoms with Gasteiger partial charge in [-0.15, -0.1) is 0 Å². The van der Waals surface area contributed by atoms with Crippen LogP contribution < -0.4 is 11.1 Å². The predicted molar refractivity (Wildman–Crippen MR) is 60.8 cm³/mol. The van der Waals surface area contributed by atoms with Crippen molar-refractivity contribution in [3.05, 3.63) is 0 Å². The summed E-state index contributed by atoms with van der Waals surface area (Å²) in [6, 6.07) is -1.56. The van der Waals surface area contributed by atoms with E-state index in [1.807, 2.05) is 0 Å². The molecule has 3 atom stereocenters. The summed E-state index contributed by atoms with van der Waals surface area (Å²) in [5, 5.41) is 28.7. The van der Waals surface area contributed by atoms with Crippen molar-refractivity contribution in [3.63, 3.8) is 0 Å². The second-order valence-corrected chi connectivity index (χ2v) is 4.12. The molecule has 0 amide bonds. The Balaban J connectivity index is 5.10. The van der Waals surface area contributed by atoms with Gasteiger partial charge in [0.05, 0.1) is 6.42 Å². The van der Waals surface area contributed by atoms with E-state index in [9.17, 15) is 14.4 Å². The number of carbonyl (C=O) groups is 3. The molecule has 0 aliphatic carbocycles.